The number of nitrogens with zero attached hydrogens (tertiary/aromatic N) is 1. The number of carbonyl (C=O) groups is 1. The van der Waals surface area contributed by atoms with Crippen molar-refractivity contribution >= 4 is 40.6 Å². The summed E-state index contributed by atoms with van der Waals surface area (Å²) < 4.78 is 0.0839. The Morgan fingerprint density at radius 1 is 1.00 bits per heavy atom. The van der Waals surface area contributed by atoms with Crippen LogP contribution in [-0.4, -0.2) is 5.78 Å². The molecule has 0 unspecified atom stereocenters. The van der Waals surface area contributed by atoms with Crippen LogP contribution >= 0.6 is 34.8 Å². The molecule has 2 nitrogen and oxygen atoms in total. The van der Waals surface area contributed by atoms with Crippen LogP contribution in [0, 0.1) is 0 Å². The fourth-order valence-corrected chi connectivity index (χ4v) is 2.26. The maximum Gasteiger partial charge on any atom is 0.275 e. The van der Waals surface area contributed by atoms with E-state index in [1.54, 1.807) is 41.1 Å². The summed E-state index contributed by atoms with van der Waals surface area (Å²) in [7, 11) is 0. The maximum absolute atomic E-state index is 12.1. The van der Waals surface area contributed by atoms with Crippen LogP contribution < -0.4 is 4.57 Å². The molecule has 1 aromatic carbocycles. The monoisotopic (exact) mass is 314 g/mol. The van der Waals surface area contributed by atoms with Gasteiger partial charge in [0.1, 0.15) is 0 Å². The highest BCUT2D eigenvalue weighted by Crippen LogP contribution is 2.35. The molecule has 1 aromatic heterocycles. The van der Waals surface area contributed by atoms with Gasteiger partial charge >= 0.3 is 0 Å². The largest absolute Gasteiger partial charge is 0.287 e. The van der Waals surface area contributed by atoms with E-state index in [0.717, 1.165) is 0 Å². The predicted molar refractivity (Wildman–Crippen MR) is 76.6 cm³/mol. The fraction of sp³-hybridized carbons (Fsp3) is 0.143. The number of rotatable bonds is 3. The number of aromatic nitrogens is 1. The molecule has 0 saturated heterocycles. The second-order valence-electron chi connectivity index (χ2n) is 4.00. The van der Waals surface area contributed by atoms with Gasteiger partial charge in [-0.25, -0.2) is 0 Å². The van der Waals surface area contributed by atoms with Crippen molar-refractivity contribution in [1.82, 2.24) is 0 Å². The zero-order chi connectivity index (χ0) is 13.9. The van der Waals surface area contributed by atoms with Gasteiger partial charge in [-0.15, -0.1) is 0 Å². The van der Waals surface area contributed by atoms with Crippen molar-refractivity contribution in [1.29, 1.82) is 0 Å². The zero-order valence-corrected chi connectivity index (χ0v) is 12.2. The molecule has 19 heavy (non-hydrogen) atoms. The summed E-state index contributed by atoms with van der Waals surface area (Å²) in [5, 5.41) is 0. The average Bonchev–Trinajstić information content (AvgIpc) is 2.39. The number of ketones is 1. The predicted octanol–water partition coefficient (Wildman–Crippen LogP) is 3.68. The summed E-state index contributed by atoms with van der Waals surface area (Å²) in [5.74, 6) is -0.0349. The first-order valence-electron chi connectivity index (χ1n) is 5.62. The Kier molecular flexibility index (Phi) is 4.46. The van der Waals surface area contributed by atoms with Crippen molar-refractivity contribution in [2.75, 3.05) is 0 Å². The smallest absolute Gasteiger partial charge is 0.275 e. The molecular weight excluding hydrogens is 305 g/mol. The highest BCUT2D eigenvalue weighted by atomic mass is 35.6. The third kappa shape index (κ3) is 3.69. The van der Waals surface area contributed by atoms with E-state index in [4.69, 9.17) is 34.8 Å². The summed E-state index contributed by atoms with van der Waals surface area (Å²) in [5.41, 5.74) is 1.10. The zero-order valence-electron chi connectivity index (χ0n) is 9.89. The third-order valence-electron chi connectivity index (χ3n) is 2.64. The topological polar surface area (TPSA) is 20.9 Å². The van der Waals surface area contributed by atoms with Crippen LogP contribution in [0.25, 0.3) is 0 Å². The number of pyridine rings is 1. The van der Waals surface area contributed by atoms with Crippen LogP contribution in [0.4, 0.5) is 0 Å². The van der Waals surface area contributed by atoms with E-state index in [1.165, 1.54) is 0 Å². The molecule has 0 saturated carbocycles. The molecule has 0 radical (unpaired) electrons. The van der Waals surface area contributed by atoms with E-state index in [9.17, 15) is 4.79 Å². The molecule has 0 atom stereocenters. The van der Waals surface area contributed by atoms with Gasteiger partial charge in [-0.3, -0.25) is 4.79 Å². The van der Waals surface area contributed by atoms with Crippen molar-refractivity contribution < 1.29 is 9.36 Å². The minimum absolute atomic E-state index is 0.0349. The van der Waals surface area contributed by atoms with Crippen LogP contribution in [0.3, 0.4) is 0 Å². The van der Waals surface area contributed by atoms with E-state index in [0.29, 0.717) is 11.3 Å². The first kappa shape index (κ1) is 14.3. The Hall–Kier alpha value is -1.09. The molecule has 98 valence electrons. The van der Waals surface area contributed by atoms with Gasteiger partial charge in [-0.1, -0.05) is 65.1 Å². The Labute approximate surface area is 126 Å². The second-order valence-corrected chi connectivity index (χ2v) is 6.28. The van der Waals surface area contributed by atoms with Gasteiger partial charge in [0.15, 0.2) is 6.20 Å². The molecule has 0 aliphatic heterocycles. The molecule has 0 spiro atoms. The highest BCUT2D eigenvalue weighted by molar-refractivity contribution is 6.66. The van der Waals surface area contributed by atoms with Crippen LogP contribution in [-0.2, 0) is 10.3 Å². The van der Waals surface area contributed by atoms with Gasteiger partial charge < -0.3 is 0 Å². The summed E-state index contributed by atoms with van der Waals surface area (Å²) in [6.07, 6.45) is 1.72. The molecule has 0 aliphatic rings. The fourth-order valence-electron chi connectivity index (χ4n) is 1.74. The number of hydrogen-bond donors (Lipinski definition) is 0. The third-order valence-corrected chi connectivity index (χ3v) is 3.22. The van der Waals surface area contributed by atoms with Crippen LogP contribution in [0.2, 0.25) is 0 Å². The molecule has 2 rings (SSSR count). The van der Waals surface area contributed by atoms with Crippen molar-refractivity contribution in [3.05, 3.63) is 66.0 Å². The van der Waals surface area contributed by atoms with Gasteiger partial charge in [-0.05, 0) is 6.07 Å². The van der Waals surface area contributed by atoms with Gasteiger partial charge in [-0.2, -0.15) is 4.57 Å². The van der Waals surface area contributed by atoms with Gasteiger partial charge in [0.25, 0.3) is 3.79 Å². The van der Waals surface area contributed by atoms with Crippen LogP contribution in [0.5, 0.6) is 0 Å². The first-order valence-corrected chi connectivity index (χ1v) is 6.76. The van der Waals surface area contributed by atoms with E-state index in [-0.39, 0.29) is 12.3 Å². The van der Waals surface area contributed by atoms with E-state index >= 15 is 0 Å². The summed E-state index contributed by atoms with van der Waals surface area (Å²) in [6.45, 7) is 0.133. The SMILES string of the molecule is O=C(C[n+]1ccccc1C(Cl)(Cl)Cl)c1ccccc1. The number of halogens is 3. The minimum Gasteiger partial charge on any atom is -0.287 e. The van der Waals surface area contributed by atoms with Gasteiger partial charge in [0.2, 0.25) is 18.0 Å². The minimum atomic E-state index is -1.56. The Bertz CT molecular complexity index is 579. The number of alkyl halides is 3. The van der Waals surface area contributed by atoms with Crippen LogP contribution in [0.15, 0.2) is 54.7 Å². The van der Waals surface area contributed by atoms with Crippen molar-refractivity contribution in [3.63, 3.8) is 0 Å². The Balaban J connectivity index is 2.28. The number of Topliss-reactive ketones (excluding diaryl/α,β-unsaturated/α-hetero) is 1. The quantitative estimate of drug-likeness (QED) is 0.481. The molecule has 1 heterocycles. The standard InChI is InChI=1S/C14H11Cl3NO/c15-14(16,17)13-8-4-5-9-18(13)10-12(19)11-6-2-1-3-7-11/h1-9H,10H2/q+1. The van der Waals surface area contributed by atoms with Gasteiger partial charge in [0.05, 0.1) is 0 Å². The molecular formula is C14H11Cl3NO+. The number of hydrogen-bond acceptors (Lipinski definition) is 1. The van der Waals surface area contributed by atoms with Crippen molar-refractivity contribution in [2.24, 2.45) is 0 Å². The normalized spacial score (nSPS) is 11.3. The highest BCUT2D eigenvalue weighted by Gasteiger charge is 2.33. The molecule has 0 fully saturated rings. The van der Waals surface area contributed by atoms with Gasteiger partial charge in [0, 0.05) is 17.7 Å². The maximum atomic E-state index is 12.1. The number of carbonyl (C=O) groups excluding carboxylic acids is 1. The van der Waals surface area contributed by atoms with Crippen molar-refractivity contribution in [3.8, 4) is 0 Å². The Morgan fingerprint density at radius 3 is 2.26 bits per heavy atom. The molecule has 5 heteroatoms. The summed E-state index contributed by atoms with van der Waals surface area (Å²) in [6, 6.07) is 14.3. The van der Waals surface area contributed by atoms with E-state index in [2.05, 4.69) is 0 Å². The summed E-state index contributed by atoms with van der Waals surface area (Å²) >= 11 is 17.7. The van der Waals surface area contributed by atoms with Crippen molar-refractivity contribution in [2.45, 2.75) is 10.3 Å². The lowest BCUT2D eigenvalue weighted by atomic mass is 10.1. The lowest BCUT2D eigenvalue weighted by molar-refractivity contribution is -0.690. The number of benzene rings is 1. The second kappa shape index (κ2) is 5.91. The summed E-state index contributed by atoms with van der Waals surface area (Å²) in [4.78, 5) is 12.1. The molecule has 0 aliphatic carbocycles. The first-order chi connectivity index (χ1) is 8.98. The molecule has 0 N–H and O–H groups in total. The van der Waals surface area contributed by atoms with E-state index in [1.807, 2.05) is 18.2 Å². The molecule has 0 bridgehead atoms. The Morgan fingerprint density at radius 2 is 1.63 bits per heavy atom. The average molecular weight is 316 g/mol. The lowest BCUT2D eigenvalue weighted by Crippen LogP contribution is -2.44. The molecule has 2 aromatic rings. The van der Waals surface area contributed by atoms with Crippen LogP contribution in [0.1, 0.15) is 16.1 Å². The lowest BCUT2D eigenvalue weighted by Gasteiger charge is -2.09. The molecule has 0 amide bonds. The van der Waals surface area contributed by atoms with E-state index < -0.39 is 3.79 Å².